The molecule has 2 fully saturated rings. The summed E-state index contributed by atoms with van der Waals surface area (Å²) in [6.45, 7) is 3.82. The molecular formula is C10H15NO4S. The van der Waals surface area contributed by atoms with Crippen molar-refractivity contribution in [3.63, 3.8) is 0 Å². The summed E-state index contributed by atoms with van der Waals surface area (Å²) in [4.78, 5) is 24.3. The SMILES string of the molecule is CC(=O)SC1CC(=O)N(CC2OCCO2)C1. The molecular weight excluding hydrogens is 230 g/mol. The summed E-state index contributed by atoms with van der Waals surface area (Å²) in [7, 11) is 0. The van der Waals surface area contributed by atoms with Crippen LogP contribution in [-0.2, 0) is 19.1 Å². The fourth-order valence-electron chi connectivity index (χ4n) is 1.92. The van der Waals surface area contributed by atoms with E-state index in [1.165, 1.54) is 18.7 Å². The first-order valence-electron chi connectivity index (χ1n) is 5.33. The fourth-order valence-corrected chi connectivity index (χ4v) is 2.87. The van der Waals surface area contributed by atoms with Crippen LogP contribution in [0.3, 0.4) is 0 Å². The quantitative estimate of drug-likeness (QED) is 0.713. The van der Waals surface area contributed by atoms with Crippen molar-refractivity contribution in [1.82, 2.24) is 4.90 Å². The molecule has 90 valence electrons. The third-order valence-corrected chi connectivity index (χ3v) is 3.55. The molecule has 0 bridgehead atoms. The van der Waals surface area contributed by atoms with E-state index in [0.717, 1.165) is 0 Å². The molecule has 2 saturated heterocycles. The Balaban J connectivity index is 1.82. The van der Waals surface area contributed by atoms with Gasteiger partial charge in [0.2, 0.25) is 5.91 Å². The van der Waals surface area contributed by atoms with E-state index >= 15 is 0 Å². The molecule has 0 aromatic carbocycles. The number of hydrogen-bond acceptors (Lipinski definition) is 5. The molecule has 16 heavy (non-hydrogen) atoms. The average Bonchev–Trinajstić information content (AvgIpc) is 2.77. The van der Waals surface area contributed by atoms with Gasteiger partial charge < -0.3 is 14.4 Å². The topological polar surface area (TPSA) is 55.8 Å². The molecule has 0 aromatic rings. The summed E-state index contributed by atoms with van der Waals surface area (Å²) >= 11 is 1.24. The highest BCUT2D eigenvalue weighted by Crippen LogP contribution is 2.24. The molecule has 6 heteroatoms. The predicted octanol–water partition coefficient (Wildman–Crippen LogP) is 0.240. The standard InChI is InChI=1S/C10H15NO4S/c1-7(12)16-8-4-9(13)11(5-8)6-10-14-2-3-15-10/h8,10H,2-6H2,1H3. The second kappa shape index (κ2) is 5.16. The minimum absolute atomic E-state index is 0.0630. The Morgan fingerprint density at radius 1 is 1.50 bits per heavy atom. The third kappa shape index (κ3) is 2.96. The molecule has 2 aliphatic heterocycles. The highest BCUT2D eigenvalue weighted by molar-refractivity contribution is 8.14. The van der Waals surface area contributed by atoms with Gasteiger partial charge in [0, 0.05) is 25.1 Å². The third-order valence-electron chi connectivity index (χ3n) is 2.57. The van der Waals surface area contributed by atoms with Crippen molar-refractivity contribution in [2.24, 2.45) is 0 Å². The molecule has 5 nitrogen and oxygen atoms in total. The smallest absolute Gasteiger partial charge is 0.223 e. The molecule has 2 heterocycles. The Morgan fingerprint density at radius 3 is 2.81 bits per heavy atom. The molecule has 0 aromatic heterocycles. The number of carbonyl (C=O) groups is 2. The number of rotatable bonds is 3. The Kier molecular flexibility index (Phi) is 3.83. The van der Waals surface area contributed by atoms with Crippen LogP contribution in [0.4, 0.5) is 0 Å². The Morgan fingerprint density at radius 2 is 2.19 bits per heavy atom. The van der Waals surface area contributed by atoms with Crippen molar-refractivity contribution in [2.75, 3.05) is 26.3 Å². The summed E-state index contributed by atoms with van der Waals surface area (Å²) in [5.74, 6) is 0.0813. The van der Waals surface area contributed by atoms with Crippen molar-refractivity contribution in [1.29, 1.82) is 0 Å². The molecule has 2 aliphatic rings. The number of ether oxygens (including phenoxy) is 2. The Bertz CT molecular complexity index is 291. The highest BCUT2D eigenvalue weighted by Gasteiger charge is 2.33. The molecule has 0 spiro atoms. The lowest BCUT2D eigenvalue weighted by atomic mass is 10.4. The van der Waals surface area contributed by atoms with Gasteiger partial charge in [-0.15, -0.1) is 0 Å². The van der Waals surface area contributed by atoms with Gasteiger partial charge in [-0.25, -0.2) is 0 Å². The largest absolute Gasteiger partial charge is 0.348 e. The van der Waals surface area contributed by atoms with Gasteiger partial charge in [0.1, 0.15) is 0 Å². The van der Waals surface area contributed by atoms with E-state index in [9.17, 15) is 9.59 Å². The van der Waals surface area contributed by atoms with E-state index in [1.807, 2.05) is 0 Å². The van der Waals surface area contributed by atoms with Gasteiger partial charge in [-0.3, -0.25) is 9.59 Å². The second-order valence-electron chi connectivity index (χ2n) is 3.91. The van der Waals surface area contributed by atoms with E-state index in [4.69, 9.17) is 9.47 Å². The van der Waals surface area contributed by atoms with E-state index in [2.05, 4.69) is 0 Å². The Hall–Kier alpha value is -0.590. The van der Waals surface area contributed by atoms with Crippen molar-refractivity contribution in [3.05, 3.63) is 0 Å². The van der Waals surface area contributed by atoms with Crippen LogP contribution in [0.1, 0.15) is 13.3 Å². The van der Waals surface area contributed by atoms with Crippen molar-refractivity contribution in [3.8, 4) is 0 Å². The maximum Gasteiger partial charge on any atom is 0.223 e. The van der Waals surface area contributed by atoms with Crippen molar-refractivity contribution in [2.45, 2.75) is 24.9 Å². The van der Waals surface area contributed by atoms with Crippen LogP contribution in [0.5, 0.6) is 0 Å². The molecule has 0 aliphatic carbocycles. The minimum atomic E-state index is -0.287. The summed E-state index contributed by atoms with van der Waals surface area (Å²) in [5.41, 5.74) is 0. The lowest BCUT2D eigenvalue weighted by Crippen LogP contribution is -2.34. The maximum absolute atomic E-state index is 11.6. The monoisotopic (exact) mass is 245 g/mol. The van der Waals surface area contributed by atoms with Gasteiger partial charge >= 0.3 is 0 Å². The van der Waals surface area contributed by atoms with Crippen LogP contribution in [-0.4, -0.2) is 53.8 Å². The molecule has 0 saturated carbocycles. The van der Waals surface area contributed by atoms with Crippen LogP contribution in [0.2, 0.25) is 0 Å². The van der Waals surface area contributed by atoms with Gasteiger partial charge in [-0.05, 0) is 0 Å². The van der Waals surface area contributed by atoms with E-state index < -0.39 is 0 Å². The molecule has 1 unspecified atom stereocenters. The second-order valence-corrected chi connectivity index (χ2v) is 5.38. The van der Waals surface area contributed by atoms with Crippen LogP contribution in [0.25, 0.3) is 0 Å². The number of amides is 1. The maximum atomic E-state index is 11.6. The minimum Gasteiger partial charge on any atom is -0.348 e. The predicted molar refractivity (Wildman–Crippen MR) is 58.9 cm³/mol. The molecule has 2 rings (SSSR count). The zero-order chi connectivity index (χ0) is 11.5. The van der Waals surface area contributed by atoms with Crippen molar-refractivity contribution < 1.29 is 19.1 Å². The number of likely N-dealkylation sites (tertiary alicyclic amines) is 1. The number of hydrogen-bond donors (Lipinski definition) is 0. The summed E-state index contributed by atoms with van der Waals surface area (Å²) < 4.78 is 10.6. The van der Waals surface area contributed by atoms with Crippen molar-refractivity contribution >= 4 is 22.8 Å². The zero-order valence-corrected chi connectivity index (χ0v) is 10.00. The first-order chi connectivity index (χ1) is 7.65. The van der Waals surface area contributed by atoms with E-state index in [-0.39, 0.29) is 22.6 Å². The van der Waals surface area contributed by atoms with Crippen LogP contribution < -0.4 is 0 Å². The first kappa shape index (κ1) is 11.9. The van der Waals surface area contributed by atoms with Gasteiger partial charge in [0.05, 0.1) is 19.8 Å². The Labute approximate surface area is 98.4 Å². The lowest BCUT2D eigenvalue weighted by molar-refractivity contribution is -0.133. The van der Waals surface area contributed by atoms with Crippen LogP contribution in [0.15, 0.2) is 0 Å². The number of thioether (sulfide) groups is 1. The fraction of sp³-hybridized carbons (Fsp3) is 0.800. The van der Waals surface area contributed by atoms with Gasteiger partial charge in [-0.1, -0.05) is 11.8 Å². The van der Waals surface area contributed by atoms with E-state index in [1.54, 1.807) is 4.90 Å². The first-order valence-corrected chi connectivity index (χ1v) is 6.21. The molecule has 0 N–H and O–H groups in total. The van der Waals surface area contributed by atoms with Crippen LogP contribution in [0, 0.1) is 0 Å². The average molecular weight is 245 g/mol. The molecule has 1 atom stereocenters. The number of carbonyl (C=O) groups excluding carboxylic acids is 2. The molecule has 0 radical (unpaired) electrons. The van der Waals surface area contributed by atoms with E-state index in [0.29, 0.717) is 32.7 Å². The number of nitrogens with zero attached hydrogens (tertiary/aromatic N) is 1. The van der Waals surface area contributed by atoms with Gasteiger partial charge in [0.25, 0.3) is 0 Å². The highest BCUT2D eigenvalue weighted by atomic mass is 32.2. The molecule has 1 amide bonds. The van der Waals surface area contributed by atoms with Gasteiger partial charge in [-0.2, -0.15) is 0 Å². The zero-order valence-electron chi connectivity index (χ0n) is 9.18. The van der Waals surface area contributed by atoms with Gasteiger partial charge in [0.15, 0.2) is 11.4 Å². The summed E-state index contributed by atoms with van der Waals surface area (Å²) in [5, 5.41) is 0.152. The normalized spacial score (nSPS) is 26.7. The van der Waals surface area contributed by atoms with Crippen LogP contribution >= 0.6 is 11.8 Å². The lowest BCUT2D eigenvalue weighted by Gasteiger charge is -2.19. The summed E-state index contributed by atoms with van der Waals surface area (Å²) in [6, 6.07) is 0. The summed E-state index contributed by atoms with van der Waals surface area (Å²) in [6.07, 6.45) is 0.154.